The molecule has 0 saturated heterocycles. The highest BCUT2D eigenvalue weighted by molar-refractivity contribution is 6.03. The highest BCUT2D eigenvalue weighted by Gasteiger charge is 2.31. The number of para-hydroxylation sites is 2. The lowest BCUT2D eigenvalue weighted by molar-refractivity contribution is 0.0901. The lowest BCUT2D eigenvalue weighted by Gasteiger charge is -2.33. The number of benzene rings is 3. The van der Waals surface area contributed by atoms with Gasteiger partial charge in [0.2, 0.25) is 6.34 Å². The highest BCUT2D eigenvalue weighted by atomic mass is 16.6. The summed E-state index contributed by atoms with van der Waals surface area (Å²) in [4.78, 5) is 16.6. The van der Waals surface area contributed by atoms with Gasteiger partial charge in [0.05, 0.1) is 5.56 Å². The summed E-state index contributed by atoms with van der Waals surface area (Å²) in [6.45, 7) is 0. The number of nitrogens with zero attached hydrogens (tertiary/aromatic N) is 2. The topological polar surface area (TPSA) is 84.8 Å². The average Bonchev–Trinajstić information content (AvgIpc) is 2.91. The van der Waals surface area contributed by atoms with Gasteiger partial charge < -0.3 is 10.3 Å². The largest absolute Gasteiger partial charge is 0.595 e. The number of hydrogen-bond donors (Lipinski definition) is 2. The SMILES string of the molecule is O=C(N[N+]1([O-])C=Nc2ccccc21)c1cc2ccccc2cc1O. The molecule has 4 rings (SSSR count). The molecule has 2 N–H and O–H groups in total. The quantitative estimate of drug-likeness (QED) is 0.561. The molecule has 1 aliphatic heterocycles. The van der Waals surface area contributed by atoms with Crippen molar-refractivity contribution in [1.29, 1.82) is 0 Å². The molecule has 1 aliphatic rings. The molecular formula is C18H13N3O3. The van der Waals surface area contributed by atoms with Gasteiger partial charge in [-0.05, 0) is 29.0 Å². The fraction of sp³-hybridized carbons (Fsp3) is 0. The number of carbonyl (C=O) groups excluding carboxylic acids is 1. The number of fused-ring (bicyclic) bond motifs is 2. The van der Waals surface area contributed by atoms with Crippen molar-refractivity contribution in [3.63, 3.8) is 0 Å². The van der Waals surface area contributed by atoms with Crippen LogP contribution < -0.4 is 10.2 Å². The average molecular weight is 319 g/mol. The Morgan fingerprint density at radius 2 is 1.71 bits per heavy atom. The number of hydrogen-bond acceptors (Lipinski definition) is 4. The van der Waals surface area contributed by atoms with E-state index in [1.165, 1.54) is 6.07 Å². The maximum Gasteiger partial charge on any atom is 0.300 e. The molecule has 6 heteroatoms. The first-order valence-corrected chi connectivity index (χ1v) is 7.36. The van der Waals surface area contributed by atoms with Crippen molar-refractivity contribution in [3.8, 4) is 5.75 Å². The van der Waals surface area contributed by atoms with Crippen LogP contribution in [0.1, 0.15) is 10.4 Å². The van der Waals surface area contributed by atoms with Gasteiger partial charge in [-0.1, -0.05) is 36.4 Å². The predicted molar refractivity (Wildman–Crippen MR) is 92.8 cm³/mol. The molecule has 1 unspecified atom stereocenters. The predicted octanol–water partition coefficient (Wildman–Crippen LogP) is 3.37. The standard InChI is InChI=1S/C18H13N3O3/c22-17-10-13-6-2-1-5-12(13)9-14(17)18(23)20-21(24)11-19-15-7-3-4-8-16(15)21/h1-11,22H,(H,20,23). The summed E-state index contributed by atoms with van der Waals surface area (Å²) in [5.74, 6) is -0.848. The van der Waals surface area contributed by atoms with Crippen LogP contribution in [0.2, 0.25) is 0 Å². The van der Waals surface area contributed by atoms with Crippen molar-refractivity contribution in [2.75, 3.05) is 0 Å². The highest BCUT2D eigenvalue weighted by Crippen LogP contribution is 2.35. The van der Waals surface area contributed by atoms with Gasteiger partial charge in [-0.2, -0.15) is 15.2 Å². The Labute approximate surface area is 137 Å². The lowest BCUT2D eigenvalue weighted by atomic mass is 10.1. The smallest absolute Gasteiger partial charge is 0.300 e. The third kappa shape index (κ3) is 2.21. The zero-order chi connectivity index (χ0) is 16.7. The Balaban J connectivity index is 1.71. The third-order valence-corrected chi connectivity index (χ3v) is 3.98. The molecule has 0 fully saturated rings. The number of hydroxylamine groups is 1. The molecular weight excluding hydrogens is 306 g/mol. The Morgan fingerprint density at radius 3 is 2.50 bits per heavy atom. The lowest BCUT2D eigenvalue weighted by Crippen LogP contribution is -2.55. The third-order valence-electron chi connectivity index (χ3n) is 3.98. The summed E-state index contributed by atoms with van der Waals surface area (Å²) in [6.07, 6.45) is 1.11. The van der Waals surface area contributed by atoms with E-state index in [1.54, 1.807) is 30.3 Å². The van der Waals surface area contributed by atoms with Gasteiger partial charge in [0.15, 0.2) is 5.69 Å². The molecule has 0 spiro atoms. The van der Waals surface area contributed by atoms with E-state index in [2.05, 4.69) is 10.4 Å². The minimum Gasteiger partial charge on any atom is -0.595 e. The summed E-state index contributed by atoms with van der Waals surface area (Å²) in [7, 11) is 0. The number of phenolic OH excluding ortho intramolecular Hbond substituents is 1. The molecule has 1 amide bonds. The molecule has 0 saturated carbocycles. The summed E-state index contributed by atoms with van der Waals surface area (Å²) in [6, 6.07) is 17.2. The number of nitrogens with one attached hydrogen (secondary N) is 1. The van der Waals surface area contributed by atoms with Crippen molar-refractivity contribution < 1.29 is 9.90 Å². The maximum absolute atomic E-state index is 12.9. The number of rotatable bonds is 2. The summed E-state index contributed by atoms with van der Waals surface area (Å²) in [5.41, 5.74) is 3.24. The van der Waals surface area contributed by atoms with Gasteiger partial charge >= 0.3 is 5.91 Å². The molecule has 3 aromatic carbocycles. The number of quaternary nitrogens is 1. The number of aromatic hydroxyl groups is 1. The fourth-order valence-electron chi connectivity index (χ4n) is 2.77. The van der Waals surface area contributed by atoms with Crippen LogP contribution in [0, 0.1) is 5.21 Å². The second kappa shape index (κ2) is 5.16. The molecule has 118 valence electrons. The molecule has 0 aliphatic carbocycles. The van der Waals surface area contributed by atoms with Crippen molar-refractivity contribution in [2.24, 2.45) is 4.99 Å². The summed E-state index contributed by atoms with van der Waals surface area (Å²) < 4.78 is -1.19. The Bertz CT molecular complexity index is 1000. The van der Waals surface area contributed by atoms with E-state index < -0.39 is 10.7 Å². The van der Waals surface area contributed by atoms with Crippen molar-refractivity contribution >= 4 is 34.4 Å². The molecule has 24 heavy (non-hydrogen) atoms. The van der Waals surface area contributed by atoms with Crippen molar-refractivity contribution in [3.05, 3.63) is 71.4 Å². The van der Waals surface area contributed by atoms with Crippen LogP contribution in [0.15, 0.2) is 65.7 Å². The fourth-order valence-corrected chi connectivity index (χ4v) is 2.77. The van der Waals surface area contributed by atoms with E-state index in [9.17, 15) is 15.1 Å². The van der Waals surface area contributed by atoms with E-state index in [0.717, 1.165) is 17.1 Å². The van der Waals surface area contributed by atoms with E-state index in [4.69, 9.17) is 0 Å². The van der Waals surface area contributed by atoms with Gasteiger partial charge in [-0.3, -0.25) is 4.79 Å². The monoisotopic (exact) mass is 319 g/mol. The molecule has 6 nitrogen and oxygen atoms in total. The summed E-state index contributed by atoms with van der Waals surface area (Å²) >= 11 is 0. The van der Waals surface area contributed by atoms with Crippen molar-refractivity contribution in [2.45, 2.75) is 0 Å². The minimum atomic E-state index is -1.19. The Hall–Kier alpha value is -3.22. The van der Waals surface area contributed by atoms with Gasteiger partial charge in [-0.15, -0.1) is 0 Å². The van der Waals surface area contributed by atoms with E-state index in [0.29, 0.717) is 11.4 Å². The molecule has 3 aromatic rings. The Morgan fingerprint density at radius 1 is 1.04 bits per heavy atom. The first-order valence-electron chi connectivity index (χ1n) is 7.36. The van der Waals surface area contributed by atoms with Crippen LogP contribution in [0.4, 0.5) is 11.4 Å². The van der Waals surface area contributed by atoms with Gasteiger partial charge in [0.25, 0.3) is 0 Å². The second-order valence-corrected chi connectivity index (χ2v) is 5.55. The molecule has 0 radical (unpaired) electrons. The molecule has 0 bridgehead atoms. The van der Waals surface area contributed by atoms with Crippen LogP contribution in [0.5, 0.6) is 5.75 Å². The zero-order valence-electron chi connectivity index (χ0n) is 12.5. The maximum atomic E-state index is 12.9. The minimum absolute atomic E-state index is 0.0415. The van der Waals surface area contributed by atoms with Crippen LogP contribution in [-0.2, 0) is 0 Å². The van der Waals surface area contributed by atoms with Crippen LogP contribution in [0.25, 0.3) is 10.8 Å². The second-order valence-electron chi connectivity index (χ2n) is 5.55. The van der Waals surface area contributed by atoms with Gasteiger partial charge in [-0.25, -0.2) is 0 Å². The number of amides is 1. The normalized spacial score (nSPS) is 18.5. The van der Waals surface area contributed by atoms with E-state index in [1.807, 2.05) is 24.3 Å². The first kappa shape index (κ1) is 14.4. The number of aliphatic imine (C=N–C) groups is 1. The van der Waals surface area contributed by atoms with E-state index in [-0.39, 0.29) is 11.3 Å². The first-order chi connectivity index (χ1) is 11.6. The molecule has 0 aromatic heterocycles. The van der Waals surface area contributed by atoms with E-state index >= 15 is 0 Å². The molecule has 1 heterocycles. The Kier molecular flexibility index (Phi) is 3.09. The van der Waals surface area contributed by atoms with Crippen LogP contribution in [0.3, 0.4) is 0 Å². The summed E-state index contributed by atoms with van der Waals surface area (Å²) in [5, 5.41) is 24.6. The van der Waals surface area contributed by atoms with Crippen LogP contribution >= 0.6 is 0 Å². The molecule has 1 atom stereocenters. The van der Waals surface area contributed by atoms with Crippen molar-refractivity contribution in [1.82, 2.24) is 10.2 Å². The number of carbonyl (C=O) groups is 1. The van der Waals surface area contributed by atoms with Gasteiger partial charge in [0.1, 0.15) is 11.4 Å². The van der Waals surface area contributed by atoms with Gasteiger partial charge in [0, 0.05) is 6.07 Å². The number of phenols is 1. The zero-order valence-corrected chi connectivity index (χ0v) is 12.5. The van der Waals surface area contributed by atoms with Crippen LogP contribution in [-0.4, -0.2) is 17.4 Å².